The second-order valence-corrected chi connectivity index (χ2v) is 2.68. The SMILES string of the molecule is CC(c1ncncn1)n1ccnc1. The highest BCUT2D eigenvalue weighted by molar-refractivity contribution is 4.94. The molecule has 0 aliphatic carbocycles. The Kier molecular flexibility index (Phi) is 1.99. The Morgan fingerprint density at radius 1 is 1.23 bits per heavy atom. The zero-order chi connectivity index (χ0) is 9.10. The third-order valence-electron chi connectivity index (χ3n) is 1.86. The van der Waals surface area contributed by atoms with Crippen LogP contribution in [0.1, 0.15) is 18.8 Å². The summed E-state index contributed by atoms with van der Waals surface area (Å²) in [6.45, 7) is 2.01. The number of aromatic nitrogens is 5. The third kappa shape index (κ3) is 1.53. The van der Waals surface area contributed by atoms with Crippen LogP contribution in [0, 0.1) is 0 Å². The van der Waals surface area contributed by atoms with Gasteiger partial charge in [-0.15, -0.1) is 0 Å². The molecule has 2 rings (SSSR count). The Morgan fingerprint density at radius 3 is 2.62 bits per heavy atom. The molecule has 0 bridgehead atoms. The fourth-order valence-corrected chi connectivity index (χ4v) is 1.10. The average molecular weight is 175 g/mol. The number of rotatable bonds is 2. The summed E-state index contributed by atoms with van der Waals surface area (Å²) in [5.41, 5.74) is 0. The van der Waals surface area contributed by atoms with Crippen molar-refractivity contribution in [3.8, 4) is 0 Å². The number of hydrogen-bond donors (Lipinski definition) is 0. The maximum atomic E-state index is 4.06. The summed E-state index contributed by atoms with van der Waals surface area (Å²) >= 11 is 0. The maximum absolute atomic E-state index is 4.06. The Balaban J connectivity index is 2.29. The van der Waals surface area contributed by atoms with Crippen LogP contribution in [-0.4, -0.2) is 24.5 Å². The van der Waals surface area contributed by atoms with Crippen molar-refractivity contribution < 1.29 is 0 Å². The molecule has 0 N–H and O–H groups in total. The number of imidazole rings is 1. The van der Waals surface area contributed by atoms with Crippen LogP contribution in [0.15, 0.2) is 31.4 Å². The van der Waals surface area contributed by atoms with Crippen LogP contribution in [0.4, 0.5) is 0 Å². The summed E-state index contributed by atoms with van der Waals surface area (Å²) in [7, 11) is 0. The quantitative estimate of drug-likeness (QED) is 0.673. The molecule has 1 atom stereocenters. The first-order valence-corrected chi connectivity index (χ1v) is 3.97. The van der Waals surface area contributed by atoms with E-state index in [9.17, 15) is 0 Å². The van der Waals surface area contributed by atoms with E-state index in [1.54, 1.807) is 12.5 Å². The first kappa shape index (κ1) is 7.85. The highest BCUT2D eigenvalue weighted by Gasteiger charge is 2.08. The normalized spacial score (nSPS) is 12.7. The van der Waals surface area contributed by atoms with Crippen molar-refractivity contribution >= 4 is 0 Å². The second kappa shape index (κ2) is 3.30. The van der Waals surface area contributed by atoms with Crippen molar-refractivity contribution in [3.05, 3.63) is 37.2 Å². The minimum absolute atomic E-state index is 0.102. The van der Waals surface area contributed by atoms with E-state index in [0.29, 0.717) is 0 Å². The fourth-order valence-electron chi connectivity index (χ4n) is 1.10. The topological polar surface area (TPSA) is 56.5 Å². The van der Waals surface area contributed by atoms with Gasteiger partial charge in [-0.2, -0.15) is 0 Å². The monoisotopic (exact) mass is 175 g/mol. The zero-order valence-corrected chi connectivity index (χ0v) is 7.20. The molecule has 5 nitrogen and oxygen atoms in total. The summed E-state index contributed by atoms with van der Waals surface area (Å²) in [6, 6.07) is 0.102. The second-order valence-electron chi connectivity index (χ2n) is 2.68. The Hall–Kier alpha value is -1.78. The molecule has 0 amide bonds. The van der Waals surface area contributed by atoms with Gasteiger partial charge in [0, 0.05) is 12.4 Å². The molecule has 0 saturated heterocycles. The molecule has 2 aromatic heterocycles. The van der Waals surface area contributed by atoms with E-state index in [1.807, 2.05) is 17.7 Å². The largest absolute Gasteiger partial charge is 0.327 e. The number of hydrogen-bond acceptors (Lipinski definition) is 4. The first-order valence-electron chi connectivity index (χ1n) is 3.97. The van der Waals surface area contributed by atoms with Gasteiger partial charge in [-0.1, -0.05) is 0 Å². The third-order valence-corrected chi connectivity index (χ3v) is 1.86. The lowest BCUT2D eigenvalue weighted by Gasteiger charge is -2.09. The van der Waals surface area contributed by atoms with Crippen molar-refractivity contribution in [2.75, 3.05) is 0 Å². The van der Waals surface area contributed by atoms with Crippen molar-refractivity contribution in [1.82, 2.24) is 24.5 Å². The van der Waals surface area contributed by atoms with Crippen molar-refractivity contribution in [3.63, 3.8) is 0 Å². The lowest BCUT2D eigenvalue weighted by Crippen LogP contribution is -2.08. The zero-order valence-electron chi connectivity index (χ0n) is 7.20. The smallest absolute Gasteiger partial charge is 0.154 e. The Labute approximate surface area is 75.5 Å². The molecule has 0 aliphatic heterocycles. The number of nitrogens with zero attached hydrogens (tertiary/aromatic N) is 5. The van der Waals surface area contributed by atoms with E-state index in [4.69, 9.17) is 0 Å². The fraction of sp³-hybridized carbons (Fsp3) is 0.250. The molecule has 2 aromatic rings. The van der Waals surface area contributed by atoms with Gasteiger partial charge in [0.25, 0.3) is 0 Å². The van der Waals surface area contributed by atoms with Gasteiger partial charge in [0.2, 0.25) is 0 Å². The molecule has 0 radical (unpaired) electrons. The molecular formula is C8H9N5. The minimum atomic E-state index is 0.102. The van der Waals surface area contributed by atoms with Gasteiger partial charge < -0.3 is 4.57 Å². The molecule has 0 fully saturated rings. The Bertz CT molecular complexity index is 355. The summed E-state index contributed by atoms with van der Waals surface area (Å²) < 4.78 is 1.94. The summed E-state index contributed by atoms with van der Waals surface area (Å²) in [6.07, 6.45) is 8.35. The standard InChI is InChI=1S/C8H9N5/c1-7(13-3-2-9-6-13)8-11-4-10-5-12-8/h2-7H,1H3. The minimum Gasteiger partial charge on any atom is -0.327 e. The molecule has 5 heteroatoms. The molecule has 66 valence electrons. The molecule has 2 heterocycles. The Morgan fingerprint density at radius 2 is 2.00 bits per heavy atom. The average Bonchev–Trinajstić information content (AvgIpc) is 2.71. The predicted molar refractivity (Wildman–Crippen MR) is 45.9 cm³/mol. The van der Waals surface area contributed by atoms with Crippen LogP contribution in [0.5, 0.6) is 0 Å². The predicted octanol–water partition coefficient (Wildman–Crippen LogP) is 0.677. The van der Waals surface area contributed by atoms with Crippen LogP contribution in [0.25, 0.3) is 0 Å². The maximum Gasteiger partial charge on any atom is 0.154 e. The summed E-state index contributed by atoms with van der Waals surface area (Å²) in [5, 5.41) is 0. The van der Waals surface area contributed by atoms with Crippen molar-refractivity contribution in [2.45, 2.75) is 13.0 Å². The van der Waals surface area contributed by atoms with Crippen LogP contribution in [-0.2, 0) is 0 Å². The lowest BCUT2D eigenvalue weighted by molar-refractivity contribution is 0.594. The lowest BCUT2D eigenvalue weighted by atomic mass is 10.3. The van der Waals surface area contributed by atoms with Crippen LogP contribution in [0.3, 0.4) is 0 Å². The van der Waals surface area contributed by atoms with Gasteiger partial charge >= 0.3 is 0 Å². The van der Waals surface area contributed by atoms with Crippen molar-refractivity contribution in [1.29, 1.82) is 0 Å². The van der Waals surface area contributed by atoms with E-state index in [0.717, 1.165) is 5.82 Å². The molecule has 13 heavy (non-hydrogen) atoms. The van der Waals surface area contributed by atoms with Gasteiger partial charge in [-0.3, -0.25) is 0 Å². The molecule has 0 spiro atoms. The molecule has 0 saturated carbocycles. The van der Waals surface area contributed by atoms with E-state index < -0.39 is 0 Å². The van der Waals surface area contributed by atoms with E-state index in [2.05, 4.69) is 19.9 Å². The highest BCUT2D eigenvalue weighted by Crippen LogP contribution is 2.10. The van der Waals surface area contributed by atoms with Crippen molar-refractivity contribution in [2.24, 2.45) is 0 Å². The van der Waals surface area contributed by atoms with Gasteiger partial charge in [0.05, 0.1) is 12.4 Å². The van der Waals surface area contributed by atoms with E-state index in [-0.39, 0.29) is 6.04 Å². The van der Waals surface area contributed by atoms with Gasteiger partial charge in [0.1, 0.15) is 12.7 Å². The molecule has 0 aromatic carbocycles. The van der Waals surface area contributed by atoms with Crippen LogP contribution >= 0.6 is 0 Å². The summed E-state index contributed by atoms with van der Waals surface area (Å²) in [4.78, 5) is 15.9. The van der Waals surface area contributed by atoms with Gasteiger partial charge in [-0.05, 0) is 6.92 Å². The first-order chi connectivity index (χ1) is 6.38. The highest BCUT2D eigenvalue weighted by atomic mass is 15.1. The molecule has 0 aliphatic rings. The van der Waals surface area contributed by atoms with E-state index >= 15 is 0 Å². The van der Waals surface area contributed by atoms with Gasteiger partial charge in [-0.25, -0.2) is 19.9 Å². The van der Waals surface area contributed by atoms with Crippen LogP contribution < -0.4 is 0 Å². The molecule has 1 unspecified atom stereocenters. The van der Waals surface area contributed by atoms with E-state index in [1.165, 1.54) is 12.7 Å². The van der Waals surface area contributed by atoms with Crippen LogP contribution in [0.2, 0.25) is 0 Å². The molecular weight excluding hydrogens is 166 g/mol. The van der Waals surface area contributed by atoms with Gasteiger partial charge in [0.15, 0.2) is 5.82 Å². The summed E-state index contributed by atoms with van der Waals surface area (Å²) in [5.74, 6) is 0.744.